The van der Waals surface area contributed by atoms with Gasteiger partial charge in [0.2, 0.25) is 6.79 Å². The summed E-state index contributed by atoms with van der Waals surface area (Å²) in [5, 5.41) is 11.0. The van der Waals surface area contributed by atoms with Gasteiger partial charge in [-0.1, -0.05) is 6.07 Å². The van der Waals surface area contributed by atoms with E-state index in [9.17, 15) is 19.5 Å². The van der Waals surface area contributed by atoms with Crippen LogP contribution in [-0.2, 0) is 4.79 Å². The Morgan fingerprint density at radius 3 is 2.67 bits per heavy atom. The van der Waals surface area contributed by atoms with Crippen molar-refractivity contribution < 1.29 is 33.3 Å². The van der Waals surface area contributed by atoms with E-state index in [2.05, 4.69) is 0 Å². The molecule has 30 heavy (non-hydrogen) atoms. The summed E-state index contributed by atoms with van der Waals surface area (Å²) in [5.74, 6) is -0.976. The van der Waals surface area contributed by atoms with Crippen molar-refractivity contribution in [1.82, 2.24) is 0 Å². The molecule has 3 heterocycles. The number of aryl methyl sites for hydroxylation is 1. The summed E-state index contributed by atoms with van der Waals surface area (Å²) < 4.78 is 21.7. The molecule has 0 saturated heterocycles. The maximum absolute atomic E-state index is 12.4. The topological polar surface area (TPSA) is 112 Å². The number of carbonyl (C=O) groups is 2. The van der Waals surface area contributed by atoms with Crippen LogP contribution < -0.4 is 19.8 Å². The fourth-order valence-electron chi connectivity index (χ4n) is 4.15. The van der Waals surface area contributed by atoms with Crippen molar-refractivity contribution in [3.8, 4) is 23.0 Å². The first-order valence-corrected chi connectivity index (χ1v) is 9.29. The van der Waals surface area contributed by atoms with Crippen molar-refractivity contribution in [3.05, 3.63) is 56.9 Å². The fourth-order valence-corrected chi connectivity index (χ4v) is 4.15. The smallest absolute Gasteiger partial charge is 0.336 e. The average Bonchev–Trinajstić information content (AvgIpc) is 3.14. The number of esters is 1. The third kappa shape index (κ3) is 2.57. The van der Waals surface area contributed by atoms with Gasteiger partial charge in [0.25, 0.3) is 0 Å². The van der Waals surface area contributed by atoms with E-state index in [0.717, 1.165) is 0 Å². The largest absolute Gasteiger partial charge is 0.506 e. The zero-order valence-corrected chi connectivity index (χ0v) is 16.1. The van der Waals surface area contributed by atoms with Gasteiger partial charge in [0, 0.05) is 17.5 Å². The summed E-state index contributed by atoms with van der Waals surface area (Å²) in [4.78, 5) is 36.9. The lowest BCUT2D eigenvalue weighted by Gasteiger charge is -2.28. The van der Waals surface area contributed by atoms with E-state index in [1.54, 1.807) is 25.1 Å². The first kappa shape index (κ1) is 18.2. The quantitative estimate of drug-likeness (QED) is 0.298. The monoisotopic (exact) mass is 408 g/mol. The fraction of sp³-hybridized carbons (Fsp3) is 0.227. The van der Waals surface area contributed by atoms with Crippen LogP contribution in [0.4, 0.5) is 0 Å². The molecule has 0 bridgehead atoms. The number of ether oxygens (including phenoxy) is 3. The Labute approximate surface area is 169 Å². The average molecular weight is 408 g/mol. The van der Waals surface area contributed by atoms with Crippen LogP contribution in [0, 0.1) is 6.92 Å². The van der Waals surface area contributed by atoms with Gasteiger partial charge in [0.05, 0.1) is 11.8 Å². The lowest BCUT2D eigenvalue weighted by Crippen LogP contribution is -2.23. The molecular formula is C22H16O8. The molecule has 2 aromatic carbocycles. The Morgan fingerprint density at radius 2 is 1.90 bits per heavy atom. The maximum atomic E-state index is 12.4. The van der Waals surface area contributed by atoms with Gasteiger partial charge in [-0.05, 0) is 37.1 Å². The van der Waals surface area contributed by atoms with E-state index in [1.807, 2.05) is 0 Å². The Bertz CT molecular complexity index is 1320. The highest BCUT2D eigenvalue weighted by atomic mass is 16.7. The predicted molar refractivity (Wildman–Crippen MR) is 104 cm³/mol. The molecule has 1 N–H and O–H groups in total. The Hall–Kier alpha value is -3.81. The van der Waals surface area contributed by atoms with Crippen molar-refractivity contribution in [3.63, 3.8) is 0 Å². The van der Waals surface area contributed by atoms with Gasteiger partial charge in [-0.25, -0.2) is 4.79 Å². The van der Waals surface area contributed by atoms with Gasteiger partial charge >= 0.3 is 11.6 Å². The van der Waals surface area contributed by atoms with E-state index in [-0.39, 0.29) is 41.2 Å². The van der Waals surface area contributed by atoms with Crippen LogP contribution in [0.15, 0.2) is 33.5 Å². The van der Waals surface area contributed by atoms with Crippen LogP contribution >= 0.6 is 0 Å². The number of aromatic hydroxyl groups is 1. The van der Waals surface area contributed by atoms with Gasteiger partial charge in [-0.15, -0.1) is 0 Å². The van der Waals surface area contributed by atoms with E-state index >= 15 is 0 Å². The zero-order chi connectivity index (χ0) is 21.2. The summed E-state index contributed by atoms with van der Waals surface area (Å²) in [5.41, 5.74) is 0.875. The van der Waals surface area contributed by atoms with Crippen molar-refractivity contribution in [1.29, 1.82) is 0 Å². The second-order valence-corrected chi connectivity index (χ2v) is 7.32. The number of phenols is 1. The second-order valence-electron chi connectivity index (χ2n) is 7.32. The molecule has 8 nitrogen and oxygen atoms in total. The minimum Gasteiger partial charge on any atom is -0.506 e. The Morgan fingerprint density at radius 1 is 1.13 bits per heavy atom. The van der Waals surface area contributed by atoms with Gasteiger partial charge in [-0.3, -0.25) is 9.59 Å². The third-order valence-electron chi connectivity index (χ3n) is 5.43. The summed E-state index contributed by atoms with van der Waals surface area (Å²) in [6.45, 7) is 3.01. The molecule has 3 aromatic rings. The van der Waals surface area contributed by atoms with Crippen molar-refractivity contribution in [2.24, 2.45) is 0 Å². The second kappa shape index (κ2) is 6.35. The molecule has 0 radical (unpaired) electrons. The van der Waals surface area contributed by atoms with Crippen LogP contribution in [0.5, 0.6) is 23.0 Å². The summed E-state index contributed by atoms with van der Waals surface area (Å²) in [7, 11) is 0. The maximum Gasteiger partial charge on any atom is 0.336 e. The molecule has 1 unspecified atom stereocenters. The van der Waals surface area contributed by atoms with E-state index < -0.39 is 23.3 Å². The van der Waals surface area contributed by atoms with Crippen LogP contribution in [0.3, 0.4) is 0 Å². The number of benzene rings is 2. The predicted octanol–water partition coefficient (Wildman–Crippen LogP) is 3.18. The molecular weight excluding hydrogens is 392 g/mol. The normalized spacial score (nSPS) is 17.0. The number of fused-ring (bicyclic) bond motifs is 4. The molecule has 2 aliphatic heterocycles. The summed E-state index contributed by atoms with van der Waals surface area (Å²) in [6.07, 6.45) is -0.0402. The van der Waals surface area contributed by atoms with Gasteiger partial charge in [-0.2, -0.15) is 0 Å². The zero-order valence-electron chi connectivity index (χ0n) is 16.1. The third-order valence-corrected chi connectivity index (χ3v) is 5.43. The number of carbonyl (C=O) groups excluding carboxylic acids is 2. The lowest BCUT2D eigenvalue weighted by atomic mass is 9.82. The number of hydrogen-bond donors (Lipinski definition) is 1. The molecule has 152 valence electrons. The van der Waals surface area contributed by atoms with Gasteiger partial charge < -0.3 is 23.7 Å². The number of rotatable bonds is 2. The molecule has 0 fully saturated rings. The van der Waals surface area contributed by atoms with E-state index in [0.29, 0.717) is 28.2 Å². The molecule has 1 atom stereocenters. The number of hydrogen-bond acceptors (Lipinski definition) is 8. The molecule has 0 amide bonds. The minimum atomic E-state index is -0.612. The Balaban J connectivity index is 1.88. The number of ketones is 1. The van der Waals surface area contributed by atoms with Crippen LogP contribution in [-0.4, -0.2) is 23.7 Å². The van der Waals surface area contributed by atoms with Crippen LogP contribution in [0.1, 0.15) is 46.3 Å². The molecule has 2 aliphatic rings. The standard InChI is InChI=1S/C22H16O8/c1-9-5-15(24)29-21-17(9)20(26)18(10(2)23)22-19(21)12(7-16(25)30-22)11-3-4-13-14(6-11)28-8-27-13/h3-6,12,26H,7-8H2,1-2H3. The molecule has 0 saturated carbocycles. The molecule has 1 aromatic heterocycles. The summed E-state index contributed by atoms with van der Waals surface area (Å²) in [6, 6.07) is 6.49. The van der Waals surface area contributed by atoms with Crippen LogP contribution in [0.25, 0.3) is 11.0 Å². The highest BCUT2D eigenvalue weighted by Gasteiger charge is 2.37. The van der Waals surface area contributed by atoms with Gasteiger partial charge in [0.15, 0.2) is 23.0 Å². The minimum absolute atomic E-state index is 0.0402. The number of Topliss-reactive ketones (excluding diaryl/α,β-unsaturated/α-hetero) is 1. The molecule has 0 aliphatic carbocycles. The molecule has 8 heteroatoms. The first-order chi connectivity index (χ1) is 14.3. The SMILES string of the molecule is CC(=O)c1c2c(c3oc(=O)cc(C)c3c1O)C(c1ccc3c(c1)OCO3)CC(=O)O2. The number of phenolic OH excluding ortho intramolecular Hbond substituents is 1. The van der Waals surface area contributed by atoms with E-state index in [4.69, 9.17) is 18.6 Å². The van der Waals surface area contributed by atoms with E-state index in [1.165, 1.54) is 13.0 Å². The summed E-state index contributed by atoms with van der Waals surface area (Å²) >= 11 is 0. The van der Waals surface area contributed by atoms with Crippen molar-refractivity contribution in [2.75, 3.05) is 6.79 Å². The lowest BCUT2D eigenvalue weighted by molar-refractivity contribution is -0.135. The highest BCUT2D eigenvalue weighted by Crippen LogP contribution is 2.50. The molecule has 5 rings (SSSR count). The Kier molecular flexibility index (Phi) is 3.86. The first-order valence-electron chi connectivity index (χ1n) is 9.29. The van der Waals surface area contributed by atoms with Gasteiger partial charge in [0.1, 0.15) is 16.9 Å². The van der Waals surface area contributed by atoms with Crippen molar-refractivity contribution in [2.45, 2.75) is 26.2 Å². The van der Waals surface area contributed by atoms with Crippen molar-refractivity contribution >= 4 is 22.7 Å². The highest BCUT2D eigenvalue weighted by molar-refractivity contribution is 6.09. The molecule has 0 spiro atoms. The van der Waals surface area contributed by atoms with Crippen LogP contribution in [0.2, 0.25) is 0 Å².